The van der Waals surface area contributed by atoms with E-state index in [1.165, 1.54) is 0 Å². The van der Waals surface area contributed by atoms with E-state index in [-0.39, 0.29) is 0 Å². The van der Waals surface area contributed by atoms with Crippen LogP contribution in [-0.2, 0) is 10.8 Å². The first kappa shape index (κ1) is 54.1. The maximum Gasteiger partial charge on any atom is 0.166 e. The van der Waals surface area contributed by atoms with E-state index in [2.05, 4.69) is 13.2 Å². The number of halogens is 6. The monoisotopic (exact) mass is 1150 g/mol. The zero-order valence-electron chi connectivity index (χ0n) is 46.4. The lowest BCUT2D eigenvalue weighted by atomic mass is 9.67. The first-order valence-corrected chi connectivity index (χ1v) is 28.2. The zero-order valence-corrected chi connectivity index (χ0v) is 46.4. The van der Waals surface area contributed by atoms with Crippen LogP contribution in [-0.4, -0.2) is 0 Å². The highest BCUT2D eigenvalue weighted by Gasteiger charge is 2.52. The van der Waals surface area contributed by atoms with E-state index in [9.17, 15) is 0 Å². The molecule has 0 heterocycles. The summed E-state index contributed by atoms with van der Waals surface area (Å²) < 4.78 is 114. The average Bonchev–Trinajstić information content (AvgIpc) is 1.60. The van der Waals surface area contributed by atoms with E-state index in [1.807, 2.05) is 181 Å². The van der Waals surface area contributed by atoms with Gasteiger partial charge in [0.25, 0.3) is 0 Å². The van der Waals surface area contributed by atoms with Crippen LogP contribution in [0.1, 0.15) is 55.6 Å². The van der Waals surface area contributed by atoms with E-state index < -0.39 is 56.9 Å². The molecular formula is C78H49F6NO2. The highest BCUT2D eigenvalue weighted by molar-refractivity contribution is 5.93. The minimum Gasteiger partial charge on any atom is -0.457 e. The SMILES string of the molecule is C=Cc1ccc(Oc2ccc(C3(c4c(F)ccc(F)c4F)c4ccccc4-c4ccc(N(c5ccc(-c6ccccc6)cc5)c5ccc6c(c5)C(c5ccc(Oc7ccc(C=C)cc7)cc5)(c5c(F)ccc(F)c5F)c5ccccc5-6)cc43)cc2)cc1. The van der Waals surface area contributed by atoms with Crippen molar-refractivity contribution in [2.75, 3.05) is 4.90 Å². The minimum absolute atomic E-state index is 0.420. The largest absolute Gasteiger partial charge is 0.457 e. The average molecular weight is 1150 g/mol. The minimum atomic E-state index is -1.82. The lowest BCUT2D eigenvalue weighted by molar-refractivity contribution is 0.463. The number of nitrogens with zero attached hydrogens (tertiary/aromatic N) is 1. The Labute approximate surface area is 499 Å². The molecule has 0 aromatic heterocycles. The van der Waals surface area contributed by atoms with Crippen molar-refractivity contribution < 1.29 is 35.8 Å². The Hall–Kier alpha value is -10.9. The first-order chi connectivity index (χ1) is 42.5. The van der Waals surface area contributed by atoms with Crippen LogP contribution < -0.4 is 14.4 Å². The van der Waals surface area contributed by atoms with Crippen LogP contribution in [0.4, 0.5) is 43.4 Å². The van der Waals surface area contributed by atoms with Crippen molar-refractivity contribution in [1.29, 1.82) is 0 Å². The van der Waals surface area contributed by atoms with Crippen molar-refractivity contribution in [3.63, 3.8) is 0 Å². The van der Waals surface area contributed by atoms with E-state index >= 15 is 26.3 Å². The topological polar surface area (TPSA) is 21.7 Å². The van der Waals surface area contributed by atoms with Crippen molar-refractivity contribution in [1.82, 2.24) is 0 Å². The second kappa shape index (κ2) is 21.6. The van der Waals surface area contributed by atoms with Crippen molar-refractivity contribution >= 4 is 29.2 Å². The fourth-order valence-corrected chi connectivity index (χ4v) is 13.0. The summed E-state index contributed by atoms with van der Waals surface area (Å²) >= 11 is 0. The van der Waals surface area contributed by atoms with Crippen LogP contribution in [0.2, 0.25) is 0 Å². The number of ether oxygens (including phenoxy) is 2. The lowest BCUT2D eigenvalue weighted by Crippen LogP contribution is -2.32. The number of fused-ring (bicyclic) bond motifs is 6. The Kier molecular flexibility index (Phi) is 13.4. The summed E-state index contributed by atoms with van der Waals surface area (Å²) in [6.45, 7) is 7.68. The normalized spacial score (nSPS) is 15.2. The second-order valence-corrected chi connectivity index (χ2v) is 21.5. The Balaban J connectivity index is 1.00. The molecule has 3 nitrogen and oxygen atoms in total. The summed E-state index contributed by atoms with van der Waals surface area (Å²) in [5.41, 5.74) is 6.03. The molecule has 9 heteroatoms. The van der Waals surface area contributed by atoms with Crippen LogP contribution >= 0.6 is 0 Å². The Bertz CT molecular complexity index is 4410. The van der Waals surface area contributed by atoms with Gasteiger partial charge in [0.05, 0.1) is 10.8 Å². The predicted molar refractivity (Wildman–Crippen MR) is 334 cm³/mol. The van der Waals surface area contributed by atoms with Gasteiger partial charge in [-0.25, -0.2) is 26.3 Å². The van der Waals surface area contributed by atoms with E-state index in [0.29, 0.717) is 95.7 Å². The number of rotatable bonds is 14. The van der Waals surface area contributed by atoms with Gasteiger partial charge in [-0.2, -0.15) is 0 Å². The zero-order chi connectivity index (χ0) is 59.6. The highest BCUT2D eigenvalue weighted by Crippen LogP contribution is 2.61. The summed E-state index contributed by atoms with van der Waals surface area (Å²) in [5.74, 6) is -5.12. The molecule has 0 N–H and O–H groups in total. The molecule has 0 bridgehead atoms. The number of anilines is 3. The third-order valence-corrected chi connectivity index (χ3v) is 16.9. The smallest absolute Gasteiger partial charge is 0.166 e. The van der Waals surface area contributed by atoms with Crippen molar-refractivity contribution in [3.8, 4) is 56.4 Å². The molecule has 2 atom stereocenters. The molecule has 14 rings (SSSR count). The van der Waals surface area contributed by atoms with E-state index in [1.54, 1.807) is 72.8 Å². The number of hydrogen-bond donors (Lipinski definition) is 0. The van der Waals surface area contributed by atoms with Gasteiger partial charge >= 0.3 is 0 Å². The van der Waals surface area contributed by atoms with Crippen LogP contribution in [0.15, 0.2) is 274 Å². The molecule has 0 fully saturated rings. The first-order valence-electron chi connectivity index (χ1n) is 28.2. The maximum absolute atomic E-state index is 17.3. The second-order valence-electron chi connectivity index (χ2n) is 21.5. The molecule has 2 aliphatic carbocycles. The summed E-state index contributed by atoms with van der Waals surface area (Å²) in [6.07, 6.45) is 3.45. The van der Waals surface area contributed by atoms with Gasteiger partial charge in [0.15, 0.2) is 23.3 Å². The molecular weight excluding hydrogens is 1100 g/mol. The fraction of sp³-hybridized carbons (Fsp3) is 0.0256. The third kappa shape index (κ3) is 8.84. The highest BCUT2D eigenvalue weighted by atomic mass is 19.2. The Morgan fingerprint density at radius 2 is 0.655 bits per heavy atom. The molecule has 0 aliphatic heterocycles. The van der Waals surface area contributed by atoms with Gasteiger partial charge in [-0.15, -0.1) is 0 Å². The molecule has 87 heavy (non-hydrogen) atoms. The lowest BCUT2D eigenvalue weighted by Gasteiger charge is -2.36. The molecule has 420 valence electrons. The molecule has 0 radical (unpaired) electrons. The van der Waals surface area contributed by atoms with E-state index in [4.69, 9.17) is 9.47 Å². The summed E-state index contributed by atoms with van der Waals surface area (Å²) in [6, 6.07) is 75.9. The Morgan fingerprint density at radius 3 is 1.07 bits per heavy atom. The Morgan fingerprint density at radius 1 is 0.310 bits per heavy atom. The molecule has 0 saturated heterocycles. The molecule has 2 unspecified atom stereocenters. The van der Waals surface area contributed by atoms with Gasteiger partial charge < -0.3 is 14.4 Å². The van der Waals surface area contributed by atoms with Gasteiger partial charge in [0, 0.05) is 28.2 Å². The van der Waals surface area contributed by atoms with Crippen LogP contribution in [0, 0.1) is 34.9 Å². The standard InChI is InChI=1S/C78H49F6NO2/c1-3-48-18-32-57(33-19-48)86-59-36-24-52(25-37-59)77(73-69(79)42-44-71(81)75(73)83)65-16-10-8-14-61(65)63-40-30-55(46-67(63)77)85(54-28-22-51(23-29-54)50-12-6-5-7-13-50)56-31-41-64-62-15-9-11-17-66(62)78(68(64)47-56,74-70(80)43-45-72(82)76(74)84)53-26-38-60(39-27-53)87-58-34-20-49(4-2)21-35-58/h3-47H,1-2H2. The van der Waals surface area contributed by atoms with Crippen LogP contribution in [0.25, 0.3) is 45.5 Å². The number of hydrogen-bond acceptors (Lipinski definition) is 3. The van der Waals surface area contributed by atoms with Crippen molar-refractivity contribution in [3.05, 3.63) is 365 Å². The van der Waals surface area contributed by atoms with Gasteiger partial charge in [-0.1, -0.05) is 177 Å². The maximum atomic E-state index is 17.3. The summed E-state index contributed by atoms with van der Waals surface area (Å²) in [7, 11) is 0. The fourth-order valence-electron chi connectivity index (χ4n) is 13.0. The molecule has 12 aromatic carbocycles. The van der Waals surface area contributed by atoms with Crippen molar-refractivity contribution in [2.45, 2.75) is 10.8 Å². The van der Waals surface area contributed by atoms with Gasteiger partial charge in [-0.3, -0.25) is 0 Å². The van der Waals surface area contributed by atoms with E-state index in [0.717, 1.165) is 46.5 Å². The number of benzene rings is 12. The molecule has 0 saturated carbocycles. The predicted octanol–water partition coefficient (Wildman–Crippen LogP) is 21.3. The summed E-state index contributed by atoms with van der Waals surface area (Å²) in [4.78, 5) is 1.97. The molecule has 12 aromatic rings. The van der Waals surface area contributed by atoms with Gasteiger partial charge in [0.1, 0.15) is 34.6 Å². The van der Waals surface area contributed by atoms with Gasteiger partial charge in [-0.05, 0) is 187 Å². The molecule has 2 aliphatic rings. The van der Waals surface area contributed by atoms with Gasteiger partial charge in [0.2, 0.25) is 0 Å². The molecule has 0 spiro atoms. The third-order valence-electron chi connectivity index (χ3n) is 16.9. The van der Waals surface area contributed by atoms with Crippen molar-refractivity contribution in [2.24, 2.45) is 0 Å². The summed E-state index contributed by atoms with van der Waals surface area (Å²) in [5, 5.41) is 0. The quantitative estimate of drug-likeness (QED) is 0.0800. The molecule has 0 amide bonds. The van der Waals surface area contributed by atoms with Crippen LogP contribution in [0.3, 0.4) is 0 Å². The van der Waals surface area contributed by atoms with Crippen LogP contribution in [0.5, 0.6) is 23.0 Å².